The van der Waals surface area contributed by atoms with Crippen LogP contribution in [0.4, 0.5) is 0 Å². The molecule has 1 aromatic heterocycles. The lowest BCUT2D eigenvalue weighted by atomic mass is 10.1. The lowest BCUT2D eigenvalue weighted by Crippen LogP contribution is -2.39. The van der Waals surface area contributed by atoms with E-state index in [0.717, 1.165) is 43.6 Å². The molecule has 23 heavy (non-hydrogen) atoms. The molecule has 0 fully saturated rings. The first-order chi connectivity index (χ1) is 11.2. The third-order valence-corrected chi connectivity index (χ3v) is 4.98. The molecule has 5 heteroatoms. The second kappa shape index (κ2) is 5.52. The number of furan rings is 1. The number of benzene rings is 2. The van der Waals surface area contributed by atoms with Gasteiger partial charge in [0.15, 0.2) is 0 Å². The molecule has 0 spiro atoms. The first kappa shape index (κ1) is 14.5. The van der Waals surface area contributed by atoms with E-state index < -0.39 is 0 Å². The highest BCUT2D eigenvalue weighted by Gasteiger charge is 2.19. The van der Waals surface area contributed by atoms with Crippen LogP contribution in [0.1, 0.15) is 18.1 Å². The maximum atomic E-state index is 6.22. The number of nitrogens with one attached hydrogen (secondary N) is 1. The minimum absolute atomic E-state index is 0.0462. The van der Waals surface area contributed by atoms with Crippen molar-refractivity contribution in [2.45, 2.75) is 25.8 Å². The van der Waals surface area contributed by atoms with Gasteiger partial charge in [-0.3, -0.25) is 4.99 Å². The van der Waals surface area contributed by atoms with Gasteiger partial charge in [-0.15, -0.1) is 5.79 Å². The van der Waals surface area contributed by atoms with Gasteiger partial charge in [0.05, 0.1) is 5.56 Å². The zero-order valence-electron chi connectivity index (χ0n) is 13.4. The Kier molecular flexibility index (Phi) is 3.48. The normalized spacial score (nSPS) is 17.8. The molecule has 3 aromatic rings. The lowest BCUT2D eigenvalue weighted by Gasteiger charge is -2.19. The summed E-state index contributed by atoms with van der Waals surface area (Å²) < 4.78 is 7.27. The van der Waals surface area contributed by atoms with Crippen LogP contribution < -0.4 is 5.32 Å². The number of hydrogen-bond acceptors (Lipinski definition) is 4. The van der Waals surface area contributed by atoms with Crippen molar-refractivity contribution in [1.82, 2.24) is 5.32 Å². The van der Waals surface area contributed by atoms with Gasteiger partial charge in [-0.05, 0) is 25.5 Å². The zero-order valence-corrected chi connectivity index (χ0v) is 14.6. The molecule has 0 amide bonds. The van der Waals surface area contributed by atoms with Crippen molar-refractivity contribution in [3.63, 3.8) is 0 Å². The Bertz CT molecular complexity index is 971. The number of nitrogens with zero attached hydrogens (tertiary/aromatic N) is 2. The molecule has 113 valence electrons. The summed E-state index contributed by atoms with van der Waals surface area (Å²) in [6, 6.07) is 12.5. The van der Waals surface area contributed by atoms with Gasteiger partial charge in [-0.1, -0.05) is 30.3 Å². The monoisotopic (exact) mass is 318 g/mol. The van der Waals surface area contributed by atoms with E-state index in [2.05, 4.69) is 64.4 Å². The second-order valence-corrected chi connectivity index (χ2v) is 6.90. The van der Waals surface area contributed by atoms with E-state index in [1.165, 1.54) is 0 Å². The van der Waals surface area contributed by atoms with Crippen molar-refractivity contribution in [2.75, 3.05) is 0 Å². The highest BCUT2D eigenvalue weighted by Crippen LogP contribution is 2.32. The van der Waals surface area contributed by atoms with Gasteiger partial charge in [-0.25, -0.2) is 4.99 Å². The van der Waals surface area contributed by atoms with Gasteiger partial charge in [-0.2, -0.15) is 0 Å². The van der Waals surface area contributed by atoms with E-state index in [1.807, 2.05) is 6.92 Å². The summed E-state index contributed by atoms with van der Waals surface area (Å²) in [7, 11) is 0. The molecule has 1 N–H and O–H groups in total. The highest BCUT2D eigenvalue weighted by atomic mass is 27.1. The third-order valence-electron chi connectivity index (χ3n) is 4.14. The van der Waals surface area contributed by atoms with Crippen molar-refractivity contribution in [2.24, 2.45) is 9.98 Å². The molecular weight excluding hydrogens is 301 g/mol. The molecule has 0 aliphatic carbocycles. The highest BCUT2D eigenvalue weighted by molar-refractivity contribution is 6.75. The minimum atomic E-state index is -0.0462. The van der Waals surface area contributed by atoms with E-state index in [9.17, 15) is 0 Å². The van der Waals surface area contributed by atoms with E-state index >= 15 is 0 Å². The van der Waals surface area contributed by atoms with Crippen molar-refractivity contribution in [3.05, 3.63) is 47.5 Å². The first-order valence-corrected chi connectivity index (χ1v) is 9.54. The van der Waals surface area contributed by atoms with Crippen LogP contribution in [0.2, 0.25) is 5.79 Å². The lowest BCUT2D eigenvalue weighted by molar-refractivity contribution is 0.664. The summed E-state index contributed by atoms with van der Waals surface area (Å²) in [4.78, 5) is 9.20. The second-order valence-electron chi connectivity index (χ2n) is 5.77. The number of aliphatic imine (C=N–C) groups is 2. The predicted molar refractivity (Wildman–Crippen MR) is 96.6 cm³/mol. The Labute approximate surface area is 141 Å². The molecule has 0 saturated heterocycles. The van der Waals surface area contributed by atoms with Crippen LogP contribution in [0.5, 0.6) is 0 Å². The van der Waals surface area contributed by atoms with Crippen LogP contribution in [0.25, 0.3) is 21.9 Å². The molecule has 0 bridgehead atoms. The van der Waals surface area contributed by atoms with Gasteiger partial charge in [0, 0.05) is 15.5 Å². The number of hydrogen-bond donors (Lipinski definition) is 1. The summed E-state index contributed by atoms with van der Waals surface area (Å²) in [6.07, 6.45) is -0.0462. The van der Waals surface area contributed by atoms with Gasteiger partial charge in [0.2, 0.25) is 0 Å². The zero-order chi connectivity index (χ0) is 16.0. The molecule has 4 nitrogen and oxygen atoms in total. The van der Waals surface area contributed by atoms with Crippen molar-refractivity contribution in [1.29, 1.82) is 0 Å². The fourth-order valence-corrected chi connectivity index (χ4v) is 3.68. The van der Waals surface area contributed by atoms with Crippen molar-refractivity contribution >= 4 is 47.7 Å². The Morgan fingerprint density at radius 2 is 1.78 bits per heavy atom. The molecule has 1 unspecified atom stereocenters. The molecule has 1 aliphatic rings. The van der Waals surface area contributed by atoms with Crippen molar-refractivity contribution in [3.8, 4) is 0 Å². The molecular formula is C18H17AlN3O. The van der Waals surface area contributed by atoms with Crippen LogP contribution in [0, 0.1) is 6.92 Å². The average Bonchev–Trinajstić information content (AvgIpc) is 2.94. The summed E-state index contributed by atoms with van der Waals surface area (Å²) in [6.45, 7) is 4.09. The quantitative estimate of drug-likeness (QED) is 0.733. The first-order valence-electron chi connectivity index (χ1n) is 7.80. The number of para-hydroxylation sites is 2. The van der Waals surface area contributed by atoms with Crippen LogP contribution in [0.15, 0.2) is 50.8 Å². The van der Waals surface area contributed by atoms with Gasteiger partial charge >= 0.3 is 15.2 Å². The van der Waals surface area contributed by atoms with Crippen LogP contribution in [-0.4, -0.2) is 31.9 Å². The van der Waals surface area contributed by atoms with Crippen molar-refractivity contribution < 1.29 is 4.42 Å². The van der Waals surface area contributed by atoms with E-state index in [-0.39, 0.29) is 21.4 Å². The molecule has 2 heterocycles. The average molecular weight is 318 g/mol. The molecule has 4 rings (SSSR count). The Balaban J connectivity index is 1.95. The van der Waals surface area contributed by atoms with E-state index in [4.69, 9.17) is 4.42 Å². The maximum absolute atomic E-state index is 6.22. The van der Waals surface area contributed by atoms with Crippen LogP contribution in [0.3, 0.4) is 0 Å². The molecule has 1 aliphatic heterocycles. The van der Waals surface area contributed by atoms with Gasteiger partial charge in [0.25, 0.3) is 0 Å². The third kappa shape index (κ3) is 2.37. The summed E-state index contributed by atoms with van der Waals surface area (Å²) >= 11 is 0.131. The fourth-order valence-electron chi connectivity index (χ4n) is 3.03. The number of fused-ring (bicyclic) bond motifs is 3. The number of aryl methyl sites for hydroxylation is 1. The molecule has 2 aromatic carbocycles. The summed E-state index contributed by atoms with van der Waals surface area (Å²) in [5.41, 5.74) is 4.00. The SMILES string of the molecule is [CH3][Al][C]1=NC(C)N=C(c2cccc3c2oc2c(C)cccc23)N1. The summed E-state index contributed by atoms with van der Waals surface area (Å²) in [5.74, 6) is 3.03. The van der Waals surface area contributed by atoms with Gasteiger partial charge < -0.3 is 9.73 Å². The van der Waals surface area contributed by atoms with Gasteiger partial charge in [0.1, 0.15) is 23.2 Å². The molecule has 0 saturated carbocycles. The van der Waals surface area contributed by atoms with Crippen LogP contribution >= 0.6 is 0 Å². The number of amidine groups is 2. The fraction of sp³-hybridized carbons (Fsp3) is 0.222. The van der Waals surface area contributed by atoms with E-state index in [1.54, 1.807) is 0 Å². The standard InChI is InChI=1S/C17H14N3O.CH3.Al/c1-10-5-3-6-12-13-7-4-8-14(16(13)21-15(10)12)17-19-9-18-11(2)20-17;;/h3-8,11H,1-2H3,(H,18,19,20);1H3;. The Morgan fingerprint density at radius 3 is 2.57 bits per heavy atom. The van der Waals surface area contributed by atoms with E-state index in [0.29, 0.717) is 0 Å². The Morgan fingerprint density at radius 1 is 1.04 bits per heavy atom. The Hall–Kier alpha value is -2.09. The summed E-state index contributed by atoms with van der Waals surface area (Å²) in [5, 5.41) is 5.66. The topological polar surface area (TPSA) is 49.9 Å². The molecule has 1 atom stereocenters. The van der Waals surface area contributed by atoms with Crippen LogP contribution in [-0.2, 0) is 0 Å². The number of rotatable bonds is 2. The maximum Gasteiger partial charge on any atom is 0.308 e. The smallest absolute Gasteiger partial charge is 0.308 e. The minimum Gasteiger partial charge on any atom is -0.455 e. The predicted octanol–water partition coefficient (Wildman–Crippen LogP) is 3.70. The largest absolute Gasteiger partial charge is 0.455 e. The molecule has 1 radical (unpaired) electrons.